The van der Waals surface area contributed by atoms with Crippen LogP contribution in [0, 0.1) is 0 Å². The van der Waals surface area contributed by atoms with E-state index >= 15 is 0 Å². The summed E-state index contributed by atoms with van der Waals surface area (Å²) in [6, 6.07) is 4.71. The van der Waals surface area contributed by atoms with Crippen LogP contribution in [0.2, 0.25) is 0 Å². The molecule has 0 aliphatic heterocycles. The normalized spacial score (nSPS) is 11.7. The molecule has 2 aromatic rings. The monoisotopic (exact) mass is 508 g/mol. The van der Waals surface area contributed by atoms with E-state index in [1.807, 2.05) is 0 Å². The first-order valence-electron chi connectivity index (χ1n) is 5.89. The van der Waals surface area contributed by atoms with Crippen LogP contribution in [-0.2, 0) is 30.4 Å². The molecular formula is C12H7K3O9S3. The topological polar surface area (TPSA) is 172 Å². The van der Waals surface area contributed by atoms with E-state index in [2.05, 4.69) is 6.58 Å². The second-order valence-corrected chi connectivity index (χ2v) is 8.46. The fourth-order valence-corrected chi connectivity index (χ4v) is 5.84. The van der Waals surface area contributed by atoms with E-state index in [0.717, 1.165) is 18.2 Å². The molecule has 15 heteroatoms. The number of benzene rings is 2. The Bertz CT molecular complexity index is 1190. The zero-order valence-electron chi connectivity index (χ0n) is 14.5. The van der Waals surface area contributed by atoms with Crippen molar-refractivity contribution in [1.82, 2.24) is 0 Å². The summed E-state index contributed by atoms with van der Waals surface area (Å²) in [6.45, 7) is 3.24. The Morgan fingerprint density at radius 3 is 1.37 bits per heavy atom. The van der Waals surface area contributed by atoms with Crippen LogP contribution in [0.5, 0.6) is 0 Å². The van der Waals surface area contributed by atoms with Crippen LogP contribution in [0.1, 0.15) is 5.56 Å². The number of hydrogen-bond donors (Lipinski definition) is 0. The molecule has 130 valence electrons. The van der Waals surface area contributed by atoms with Gasteiger partial charge in [0, 0.05) is 10.9 Å². The summed E-state index contributed by atoms with van der Waals surface area (Å²) in [5.41, 5.74) is -0.581. The van der Waals surface area contributed by atoms with Gasteiger partial charge in [0.15, 0.2) is 0 Å². The van der Waals surface area contributed by atoms with Crippen LogP contribution in [0.15, 0.2) is 45.5 Å². The van der Waals surface area contributed by atoms with Crippen LogP contribution >= 0.6 is 0 Å². The third kappa shape index (κ3) is 7.29. The average Bonchev–Trinajstić information content (AvgIpc) is 2.41. The third-order valence-electron chi connectivity index (χ3n) is 3.07. The molecule has 0 saturated carbocycles. The maximum Gasteiger partial charge on any atom is 1.00 e. The van der Waals surface area contributed by atoms with Gasteiger partial charge in [-0.15, -0.1) is 0 Å². The van der Waals surface area contributed by atoms with Gasteiger partial charge in [0.25, 0.3) is 0 Å². The van der Waals surface area contributed by atoms with Gasteiger partial charge in [-0.05, 0) is 5.39 Å². The summed E-state index contributed by atoms with van der Waals surface area (Å²) < 4.78 is 103. The van der Waals surface area contributed by atoms with E-state index in [4.69, 9.17) is 0 Å². The van der Waals surface area contributed by atoms with E-state index < -0.39 is 56.0 Å². The Hall–Kier alpha value is 3.08. The molecule has 0 atom stereocenters. The molecular weight excluding hydrogens is 502 g/mol. The molecule has 27 heavy (non-hydrogen) atoms. The molecule has 2 rings (SSSR count). The summed E-state index contributed by atoms with van der Waals surface area (Å²) in [5, 5.41) is -0.743. The smallest absolute Gasteiger partial charge is 0.744 e. The molecule has 0 unspecified atom stereocenters. The van der Waals surface area contributed by atoms with Crippen molar-refractivity contribution in [3.05, 3.63) is 36.4 Å². The van der Waals surface area contributed by atoms with Gasteiger partial charge < -0.3 is 13.7 Å². The van der Waals surface area contributed by atoms with Crippen molar-refractivity contribution in [2.45, 2.75) is 14.7 Å². The summed E-state index contributed by atoms with van der Waals surface area (Å²) in [7, 11) is -17.1. The number of hydrogen-bond acceptors (Lipinski definition) is 9. The molecule has 0 radical (unpaired) electrons. The quantitative estimate of drug-likeness (QED) is 0.287. The Balaban J connectivity index is 0. The van der Waals surface area contributed by atoms with E-state index in [0.29, 0.717) is 0 Å². The molecule has 2 aromatic carbocycles. The minimum Gasteiger partial charge on any atom is -0.744 e. The van der Waals surface area contributed by atoms with Gasteiger partial charge in [0.2, 0.25) is 0 Å². The van der Waals surface area contributed by atoms with Crippen LogP contribution in [0.3, 0.4) is 0 Å². The minimum atomic E-state index is -5.81. The molecule has 0 N–H and O–H groups in total. The molecule has 0 aliphatic rings. The van der Waals surface area contributed by atoms with Gasteiger partial charge in [0.1, 0.15) is 30.4 Å². The standard InChI is InChI=1S/C12H10O9S3.3K/c1-2-7-8-5-3-4-6-9(8)11(23(16,17)18)12(24(19,20)21)10(7)22(13,14)15;;;/h2-6H,1H2,(H,13,14,15)(H,16,17,18)(H,19,20,21);;;/q;3*+1/p-3. The van der Waals surface area contributed by atoms with Gasteiger partial charge in [-0.2, -0.15) is 0 Å². The summed E-state index contributed by atoms with van der Waals surface area (Å²) in [5.74, 6) is 0. The van der Waals surface area contributed by atoms with E-state index in [-0.39, 0.29) is 160 Å². The van der Waals surface area contributed by atoms with Crippen molar-refractivity contribution in [2.75, 3.05) is 0 Å². The van der Waals surface area contributed by atoms with Gasteiger partial charge in [-0.3, -0.25) is 0 Å². The van der Waals surface area contributed by atoms with Gasteiger partial charge in [-0.25, -0.2) is 25.3 Å². The molecule has 0 spiro atoms. The predicted molar refractivity (Wildman–Crippen MR) is 77.9 cm³/mol. The van der Waals surface area contributed by atoms with Crippen LogP contribution < -0.4 is 154 Å². The van der Waals surface area contributed by atoms with Crippen molar-refractivity contribution < 1.29 is 193 Å². The minimum absolute atomic E-state index is 0. The second kappa shape index (κ2) is 11.8. The summed E-state index contributed by atoms with van der Waals surface area (Å²) in [4.78, 5) is -5.07. The fraction of sp³-hybridized carbons (Fsp3) is 0. The molecule has 0 heterocycles. The number of fused-ring (bicyclic) bond motifs is 1. The van der Waals surface area contributed by atoms with Crippen molar-refractivity contribution in [3.63, 3.8) is 0 Å². The predicted octanol–water partition coefficient (Wildman–Crippen LogP) is -8.79. The first-order chi connectivity index (χ1) is 10.8. The molecule has 0 amide bonds. The van der Waals surface area contributed by atoms with Crippen molar-refractivity contribution in [2.24, 2.45) is 0 Å². The van der Waals surface area contributed by atoms with Crippen LogP contribution in [0.25, 0.3) is 16.8 Å². The molecule has 0 fully saturated rings. The van der Waals surface area contributed by atoms with Gasteiger partial charge in [-0.1, -0.05) is 36.9 Å². The van der Waals surface area contributed by atoms with E-state index in [1.54, 1.807) is 0 Å². The molecule has 0 saturated heterocycles. The van der Waals surface area contributed by atoms with Crippen molar-refractivity contribution in [3.8, 4) is 0 Å². The molecule has 0 aliphatic carbocycles. The van der Waals surface area contributed by atoms with Gasteiger partial charge >= 0.3 is 154 Å². The average molecular weight is 509 g/mol. The zero-order valence-corrected chi connectivity index (χ0v) is 26.3. The first kappa shape index (κ1) is 32.3. The molecule has 9 nitrogen and oxygen atoms in total. The Morgan fingerprint density at radius 1 is 0.667 bits per heavy atom. The maximum absolute atomic E-state index is 11.5. The zero-order chi connectivity index (χ0) is 18.5. The largest absolute Gasteiger partial charge is 1.00 e. The molecule has 0 aromatic heterocycles. The summed E-state index contributed by atoms with van der Waals surface area (Å²) >= 11 is 0. The fourth-order valence-electron chi connectivity index (χ4n) is 2.31. The third-order valence-corrected chi connectivity index (χ3v) is 6.09. The van der Waals surface area contributed by atoms with E-state index in [1.165, 1.54) is 12.1 Å². The van der Waals surface area contributed by atoms with Crippen molar-refractivity contribution in [1.29, 1.82) is 0 Å². The van der Waals surface area contributed by atoms with Gasteiger partial charge in [0.05, 0.1) is 14.7 Å². The Labute approximate surface area is 284 Å². The SMILES string of the molecule is C=Cc1c(S(=O)(=O)[O-])c(S(=O)(=O)[O-])c(S(=O)(=O)[O-])c2ccccc12.[K+].[K+].[K+]. The van der Waals surface area contributed by atoms with Crippen LogP contribution in [0.4, 0.5) is 0 Å². The number of rotatable bonds is 4. The summed E-state index contributed by atoms with van der Waals surface area (Å²) in [6.07, 6.45) is 0.781. The van der Waals surface area contributed by atoms with Crippen molar-refractivity contribution >= 4 is 47.2 Å². The van der Waals surface area contributed by atoms with Crippen LogP contribution in [-0.4, -0.2) is 38.9 Å². The Morgan fingerprint density at radius 2 is 1.04 bits per heavy atom. The maximum atomic E-state index is 11.5. The van der Waals surface area contributed by atoms with E-state index in [9.17, 15) is 38.9 Å². The second-order valence-electron chi connectivity index (χ2n) is 4.51. The first-order valence-corrected chi connectivity index (χ1v) is 10.1. The Kier molecular flexibility index (Phi) is 14.1. The molecule has 0 bridgehead atoms.